The summed E-state index contributed by atoms with van der Waals surface area (Å²) in [6, 6.07) is 21.4. The van der Waals surface area contributed by atoms with E-state index in [-0.39, 0.29) is 11.6 Å². The molecule has 0 aliphatic heterocycles. The minimum atomic E-state index is -0.145. The summed E-state index contributed by atoms with van der Waals surface area (Å²) in [5.74, 6) is -0.291. The third kappa shape index (κ3) is 4.62. The molecule has 4 N–H and O–H groups in total. The summed E-state index contributed by atoms with van der Waals surface area (Å²) in [6.45, 7) is 0. The van der Waals surface area contributed by atoms with Crippen molar-refractivity contribution < 1.29 is 9.59 Å². The molecule has 4 nitrogen and oxygen atoms in total. The van der Waals surface area contributed by atoms with E-state index in [0.29, 0.717) is 22.5 Å². The van der Waals surface area contributed by atoms with E-state index < -0.39 is 0 Å². The first-order valence-corrected chi connectivity index (χ1v) is 8.78. The van der Waals surface area contributed by atoms with Crippen LogP contribution in [-0.2, 0) is 0 Å². The number of carbonyl (C=O) groups is 2. The van der Waals surface area contributed by atoms with E-state index in [0.717, 1.165) is 11.1 Å². The molecule has 0 radical (unpaired) electrons. The smallest absolute Gasteiger partial charge is 0.187 e. The van der Waals surface area contributed by atoms with Gasteiger partial charge in [-0.05, 0) is 47.5 Å². The van der Waals surface area contributed by atoms with Gasteiger partial charge < -0.3 is 11.5 Å². The largest absolute Gasteiger partial charge is 0.398 e. The van der Waals surface area contributed by atoms with E-state index in [1.807, 2.05) is 24.3 Å². The van der Waals surface area contributed by atoms with Gasteiger partial charge in [0.1, 0.15) is 0 Å². The standard InChI is InChI=1S/C24H20N2O2/c25-21-7-3-1-5-19(21)23(27)15-13-17-9-11-18(12-10-17)14-16-24(28)20-6-2-4-8-22(20)26/h1-16H,25-26H2. The van der Waals surface area contributed by atoms with Gasteiger partial charge in [0.25, 0.3) is 0 Å². The van der Waals surface area contributed by atoms with Crippen molar-refractivity contribution in [1.29, 1.82) is 0 Å². The lowest BCUT2D eigenvalue weighted by molar-refractivity contribution is 0.104. The van der Waals surface area contributed by atoms with Crippen LogP contribution in [0.1, 0.15) is 31.8 Å². The van der Waals surface area contributed by atoms with Gasteiger partial charge in [0, 0.05) is 22.5 Å². The molecule has 28 heavy (non-hydrogen) atoms. The van der Waals surface area contributed by atoms with Crippen molar-refractivity contribution in [2.45, 2.75) is 0 Å². The number of allylic oxidation sites excluding steroid dienone is 2. The van der Waals surface area contributed by atoms with Crippen LogP contribution in [0.3, 0.4) is 0 Å². The Morgan fingerprint density at radius 3 is 1.29 bits per heavy atom. The minimum absolute atomic E-state index is 0.145. The number of para-hydroxylation sites is 2. The van der Waals surface area contributed by atoms with Gasteiger partial charge in [-0.25, -0.2) is 0 Å². The van der Waals surface area contributed by atoms with Crippen LogP contribution < -0.4 is 11.5 Å². The Hall–Kier alpha value is -3.92. The molecule has 0 spiro atoms. The van der Waals surface area contributed by atoms with Crippen LogP contribution in [0.4, 0.5) is 11.4 Å². The average molecular weight is 368 g/mol. The maximum absolute atomic E-state index is 12.2. The molecule has 3 rings (SSSR count). The molecular formula is C24H20N2O2. The van der Waals surface area contributed by atoms with Crippen molar-refractivity contribution in [3.05, 3.63) is 107 Å². The predicted octanol–water partition coefficient (Wildman–Crippen LogP) is 4.64. The number of carbonyl (C=O) groups excluding carboxylic acids is 2. The van der Waals surface area contributed by atoms with Crippen LogP contribution in [0.15, 0.2) is 84.9 Å². The zero-order valence-electron chi connectivity index (χ0n) is 15.2. The average Bonchev–Trinajstić information content (AvgIpc) is 2.71. The fourth-order valence-corrected chi connectivity index (χ4v) is 2.68. The molecule has 0 unspecified atom stereocenters. The first-order valence-electron chi connectivity index (χ1n) is 8.78. The second-order valence-electron chi connectivity index (χ2n) is 6.24. The highest BCUT2D eigenvalue weighted by molar-refractivity contribution is 6.10. The van der Waals surface area contributed by atoms with E-state index in [1.54, 1.807) is 60.7 Å². The van der Waals surface area contributed by atoms with Gasteiger partial charge >= 0.3 is 0 Å². The van der Waals surface area contributed by atoms with E-state index in [9.17, 15) is 9.59 Å². The van der Waals surface area contributed by atoms with Crippen LogP contribution in [0.25, 0.3) is 12.2 Å². The van der Waals surface area contributed by atoms with Crippen LogP contribution in [0.2, 0.25) is 0 Å². The van der Waals surface area contributed by atoms with Crippen molar-refractivity contribution in [3.8, 4) is 0 Å². The SMILES string of the molecule is Nc1ccccc1C(=O)C=Cc1ccc(C=CC(=O)c2ccccc2N)cc1. The van der Waals surface area contributed by atoms with Gasteiger partial charge in [0.15, 0.2) is 11.6 Å². The predicted molar refractivity (Wildman–Crippen MR) is 115 cm³/mol. The zero-order chi connectivity index (χ0) is 19.9. The molecule has 0 saturated heterocycles. The maximum Gasteiger partial charge on any atom is 0.187 e. The molecule has 3 aromatic carbocycles. The number of benzene rings is 3. The summed E-state index contributed by atoms with van der Waals surface area (Å²) in [5.41, 5.74) is 15.3. The summed E-state index contributed by atoms with van der Waals surface area (Å²) >= 11 is 0. The number of hydrogen-bond acceptors (Lipinski definition) is 4. The van der Waals surface area contributed by atoms with Crippen molar-refractivity contribution in [1.82, 2.24) is 0 Å². The molecule has 0 amide bonds. The number of nitrogen functional groups attached to an aromatic ring is 2. The molecule has 138 valence electrons. The summed E-state index contributed by atoms with van der Waals surface area (Å²) in [5, 5.41) is 0. The Labute approximate surface area is 163 Å². The van der Waals surface area contributed by atoms with Crippen LogP contribution in [-0.4, -0.2) is 11.6 Å². The minimum Gasteiger partial charge on any atom is -0.398 e. The Morgan fingerprint density at radius 2 is 0.929 bits per heavy atom. The Morgan fingerprint density at radius 1 is 0.571 bits per heavy atom. The van der Waals surface area contributed by atoms with Gasteiger partial charge in [-0.3, -0.25) is 9.59 Å². The molecule has 0 heterocycles. The maximum atomic E-state index is 12.2. The molecule has 4 heteroatoms. The van der Waals surface area contributed by atoms with Gasteiger partial charge in [-0.15, -0.1) is 0 Å². The van der Waals surface area contributed by atoms with Gasteiger partial charge in [-0.2, -0.15) is 0 Å². The third-order valence-electron chi connectivity index (χ3n) is 4.24. The molecule has 3 aromatic rings. The van der Waals surface area contributed by atoms with Crippen LogP contribution in [0, 0.1) is 0 Å². The lowest BCUT2D eigenvalue weighted by Crippen LogP contribution is -2.00. The normalized spacial score (nSPS) is 11.1. The van der Waals surface area contributed by atoms with Crippen LogP contribution in [0.5, 0.6) is 0 Å². The number of hydrogen-bond donors (Lipinski definition) is 2. The number of nitrogens with two attached hydrogens (primary N) is 2. The quantitative estimate of drug-likeness (QED) is 0.377. The van der Waals surface area contributed by atoms with Crippen molar-refractivity contribution >= 4 is 35.1 Å². The van der Waals surface area contributed by atoms with E-state index in [4.69, 9.17) is 11.5 Å². The monoisotopic (exact) mass is 368 g/mol. The summed E-state index contributed by atoms with van der Waals surface area (Å²) < 4.78 is 0. The highest BCUT2D eigenvalue weighted by atomic mass is 16.1. The fraction of sp³-hybridized carbons (Fsp3) is 0. The van der Waals surface area contributed by atoms with E-state index in [1.165, 1.54) is 12.2 Å². The molecule has 0 aliphatic rings. The van der Waals surface area contributed by atoms with E-state index >= 15 is 0 Å². The highest BCUT2D eigenvalue weighted by Crippen LogP contribution is 2.15. The first kappa shape index (κ1) is 18.9. The number of ketones is 2. The molecule has 0 aliphatic carbocycles. The first-order chi connectivity index (χ1) is 13.5. The van der Waals surface area contributed by atoms with Gasteiger partial charge in [0.2, 0.25) is 0 Å². The molecule has 0 bridgehead atoms. The Kier molecular flexibility index (Phi) is 5.82. The lowest BCUT2D eigenvalue weighted by atomic mass is 10.1. The van der Waals surface area contributed by atoms with Crippen molar-refractivity contribution in [3.63, 3.8) is 0 Å². The Balaban J connectivity index is 1.67. The van der Waals surface area contributed by atoms with Crippen molar-refractivity contribution in [2.75, 3.05) is 11.5 Å². The Bertz CT molecular complexity index is 977. The second kappa shape index (κ2) is 8.64. The molecular weight excluding hydrogens is 348 g/mol. The topological polar surface area (TPSA) is 86.2 Å². The zero-order valence-corrected chi connectivity index (χ0v) is 15.2. The molecule has 0 aromatic heterocycles. The van der Waals surface area contributed by atoms with Gasteiger partial charge in [0.05, 0.1) is 0 Å². The lowest BCUT2D eigenvalue weighted by Gasteiger charge is -2.01. The summed E-state index contributed by atoms with van der Waals surface area (Å²) in [4.78, 5) is 24.4. The number of rotatable bonds is 6. The van der Waals surface area contributed by atoms with Gasteiger partial charge in [-0.1, -0.05) is 60.7 Å². The summed E-state index contributed by atoms with van der Waals surface area (Å²) in [6.07, 6.45) is 6.46. The molecule has 0 fully saturated rings. The molecule has 0 saturated carbocycles. The summed E-state index contributed by atoms with van der Waals surface area (Å²) in [7, 11) is 0. The number of anilines is 2. The second-order valence-corrected chi connectivity index (χ2v) is 6.24. The highest BCUT2D eigenvalue weighted by Gasteiger charge is 2.06. The van der Waals surface area contributed by atoms with Crippen LogP contribution >= 0.6 is 0 Å². The third-order valence-corrected chi connectivity index (χ3v) is 4.24. The van der Waals surface area contributed by atoms with E-state index in [2.05, 4.69) is 0 Å². The van der Waals surface area contributed by atoms with Crippen molar-refractivity contribution in [2.24, 2.45) is 0 Å². The fourth-order valence-electron chi connectivity index (χ4n) is 2.68. The molecule has 0 atom stereocenters.